The molecule has 2 bridgehead atoms. The van der Waals surface area contributed by atoms with Crippen LogP contribution in [0.1, 0.15) is 36.4 Å². The Morgan fingerprint density at radius 1 is 1.18 bits per heavy atom. The predicted octanol–water partition coefficient (Wildman–Crippen LogP) is 3.34. The minimum atomic E-state index is 0.0342. The lowest BCUT2D eigenvalue weighted by atomic mass is 9.72. The number of hydrogen-bond donors (Lipinski definition) is 1. The molecule has 6 rings (SSSR count). The molecule has 4 saturated heterocycles. The molecule has 1 unspecified atom stereocenters. The first-order valence-corrected chi connectivity index (χ1v) is 11.3. The molecule has 1 aromatic heterocycles. The number of nitrogens with one attached hydrogen (secondary N) is 1. The third-order valence-corrected chi connectivity index (χ3v) is 8.14. The highest BCUT2D eigenvalue weighted by Crippen LogP contribution is 2.40. The molecule has 150 valence electrons. The fraction of sp³-hybridized carbons (Fsp3) is 0.591. The van der Waals surface area contributed by atoms with Crippen LogP contribution in [0.3, 0.4) is 0 Å². The third kappa shape index (κ3) is 3.02. The van der Waals surface area contributed by atoms with E-state index in [0.29, 0.717) is 5.92 Å². The number of benzene rings is 1. The van der Waals surface area contributed by atoms with E-state index in [-0.39, 0.29) is 17.5 Å². The van der Waals surface area contributed by atoms with Crippen LogP contribution in [-0.4, -0.2) is 61.8 Å². The van der Waals surface area contributed by atoms with Crippen molar-refractivity contribution >= 4 is 33.0 Å². The van der Waals surface area contributed by atoms with Gasteiger partial charge in [0.2, 0.25) is 0 Å². The van der Waals surface area contributed by atoms with E-state index < -0.39 is 0 Å². The average molecular weight is 400 g/mol. The second kappa shape index (κ2) is 7.01. The van der Waals surface area contributed by atoms with Crippen LogP contribution in [0.4, 0.5) is 5.69 Å². The average Bonchev–Trinajstić information content (AvgIpc) is 3.16. The van der Waals surface area contributed by atoms with E-state index in [1.165, 1.54) is 23.2 Å². The molecule has 4 aliphatic rings. The highest BCUT2D eigenvalue weighted by Gasteiger charge is 2.48. The van der Waals surface area contributed by atoms with Crippen molar-refractivity contribution in [3.05, 3.63) is 29.1 Å². The fourth-order valence-corrected chi connectivity index (χ4v) is 6.41. The number of amides is 1. The normalized spacial score (nSPS) is 29.2. The lowest BCUT2D eigenvalue weighted by Crippen LogP contribution is -2.69. The van der Waals surface area contributed by atoms with Crippen molar-refractivity contribution in [3.8, 4) is 0 Å². The van der Waals surface area contributed by atoms with E-state index >= 15 is 0 Å². The van der Waals surface area contributed by atoms with Crippen LogP contribution in [0, 0.1) is 5.92 Å². The van der Waals surface area contributed by atoms with Crippen molar-refractivity contribution in [3.63, 3.8) is 0 Å². The van der Waals surface area contributed by atoms with Crippen molar-refractivity contribution in [1.29, 1.82) is 0 Å². The van der Waals surface area contributed by atoms with Gasteiger partial charge in [-0.1, -0.05) is 12.1 Å². The van der Waals surface area contributed by atoms with Gasteiger partial charge in [-0.3, -0.25) is 9.69 Å². The van der Waals surface area contributed by atoms with Crippen LogP contribution >= 0.6 is 11.3 Å². The first-order chi connectivity index (χ1) is 13.5. The molecule has 4 aliphatic heterocycles. The molecule has 28 heavy (non-hydrogen) atoms. The molecule has 1 atom stereocenters. The number of nitrogens with zero attached hydrogens (tertiary/aromatic N) is 2. The van der Waals surface area contributed by atoms with Gasteiger partial charge in [-0.25, -0.2) is 0 Å². The lowest BCUT2D eigenvalue weighted by Gasteiger charge is -2.56. The van der Waals surface area contributed by atoms with Crippen molar-refractivity contribution < 1.29 is 9.53 Å². The number of morpholine rings is 1. The molecule has 0 aliphatic carbocycles. The summed E-state index contributed by atoms with van der Waals surface area (Å²) in [5, 5.41) is 4.57. The standard InChI is InChI=1S/C22H29N3O2S/c1-22(2)20(15-6-8-25(22)9-7-15)23-21(26)18-14-16-4-3-5-17(19(16)28-18)24-10-12-27-13-11-24/h3-5,14-15,20H,6-13H2,1-2H3,(H,23,26). The zero-order chi connectivity index (χ0) is 19.3. The molecule has 0 spiro atoms. The Hall–Kier alpha value is -1.63. The van der Waals surface area contributed by atoms with Gasteiger partial charge in [0.05, 0.1) is 28.5 Å². The molecular weight excluding hydrogens is 370 g/mol. The Balaban J connectivity index is 1.41. The quantitative estimate of drug-likeness (QED) is 0.860. The second-order valence-electron chi connectivity index (χ2n) is 8.83. The van der Waals surface area contributed by atoms with Crippen LogP contribution in [0.5, 0.6) is 0 Å². The number of piperidine rings is 3. The second-order valence-corrected chi connectivity index (χ2v) is 9.89. The van der Waals surface area contributed by atoms with E-state index in [4.69, 9.17) is 4.74 Å². The molecule has 6 heteroatoms. The summed E-state index contributed by atoms with van der Waals surface area (Å²) in [6.45, 7) is 10.2. The number of fused-ring (bicyclic) bond motifs is 4. The maximum Gasteiger partial charge on any atom is 0.261 e. The maximum absolute atomic E-state index is 13.2. The highest BCUT2D eigenvalue weighted by atomic mass is 32.1. The minimum absolute atomic E-state index is 0.0342. The monoisotopic (exact) mass is 399 g/mol. The van der Waals surface area contributed by atoms with Gasteiger partial charge in [0, 0.05) is 24.7 Å². The Morgan fingerprint density at radius 2 is 1.93 bits per heavy atom. The van der Waals surface area contributed by atoms with Gasteiger partial charge in [0.15, 0.2) is 0 Å². The van der Waals surface area contributed by atoms with Crippen LogP contribution in [0.25, 0.3) is 10.1 Å². The SMILES string of the molecule is CC1(C)C(NC(=O)c2cc3cccc(N4CCOCC4)c3s2)C2CCN1CC2. The Bertz CT molecular complexity index is 879. The van der Waals surface area contributed by atoms with E-state index in [1.54, 1.807) is 11.3 Å². The highest BCUT2D eigenvalue weighted by molar-refractivity contribution is 7.21. The number of carbonyl (C=O) groups is 1. The largest absolute Gasteiger partial charge is 0.378 e. The number of anilines is 1. The molecule has 5 nitrogen and oxygen atoms in total. The molecule has 0 radical (unpaired) electrons. The van der Waals surface area contributed by atoms with Crippen LogP contribution in [-0.2, 0) is 4.74 Å². The smallest absolute Gasteiger partial charge is 0.261 e. The van der Waals surface area contributed by atoms with E-state index in [0.717, 1.165) is 49.7 Å². The first-order valence-electron chi connectivity index (χ1n) is 10.5. The number of thiophene rings is 1. The summed E-state index contributed by atoms with van der Waals surface area (Å²) in [6.07, 6.45) is 2.39. The number of hydrogen-bond acceptors (Lipinski definition) is 5. The van der Waals surface area contributed by atoms with Crippen molar-refractivity contribution in [2.24, 2.45) is 5.92 Å². The zero-order valence-electron chi connectivity index (χ0n) is 16.7. The molecule has 5 heterocycles. The van der Waals surface area contributed by atoms with Gasteiger partial charge in [0.1, 0.15) is 0 Å². The van der Waals surface area contributed by atoms with Gasteiger partial charge >= 0.3 is 0 Å². The van der Waals surface area contributed by atoms with Gasteiger partial charge < -0.3 is 15.0 Å². The van der Waals surface area contributed by atoms with Crippen molar-refractivity contribution in [1.82, 2.24) is 10.2 Å². The van der Waals surface area contributed by atoms with Crippen molar-refractivity contribution in [2.45, 2.75) is 38.3 Å². The van der Waals surface area contributed by atoms with E-state index in [9.17, 15) is 4.79 Å². The fourth-order valence-electron chi connectivity index (χ4n) is 5.30. The number of carbonyl (C=O) groups excluding carboxylic acids is 1. The van der Waals surface area contributed by atoms with E-state index in [1.807, 2.05) is 0 Å². The first kappa shape index (κ1) is 18.4. The van der Waals surface area contributed by atoms with Gasteiger partial charge in [-0.05, 0) is 63.2 Å². The molecule has 0 saturated carbocycles. The summed E-state index contributed by atoms with van der Waals surface area (Å²) < 4.78 is 6.71. The van der Waals surface area contributed by atoms with Gasteiger partial charge in [0.25, 0.3) is 5.91 Å². The molecule has 1 aromatic carbocycles. The summed E-state index contributed by atoms with van der Waals surface area (Å²) in [6, 6.07) is 8.67. The summed E-state index contributed by atoms with van der Waals surface area (Å²) in [5.41, 5.74) is 1.26. The molecule has 2 aromatic rings. The third-order valence-electron chi connectivity index (χ3n) is 6.97. The minimum Gasteiger partial charge on any atom is -0.378 e. The summed E-state index contributed by atoms with van der Waals surface area (Å²) in [5.74, 6) is 0.684. The topological polar surface area (TPSA) is 44.8 Å². The Kier molecular flexibility index (Phi) is 4.61. The number of ether oxygens (including phenoxy) is 1. The maximum atomic E-state index is 13.2. The molecule has 1 amide bonds. The Morgan fingerprint density at radius 3 is 2.64 bits per heavy atom. The summed E-state index contributed by atoms with van der Waals surface area (Å²) in [7, 11) is 0. The summed E-state index contributed by atoms with van der Waals surface area (Å²) >= 11 is 1.63. The van der Waals surface area contributed by atoms with Crippen LogP contribution < -0.4 is 10.2 Å². The lowest BCUT2D eigenvalue weighted by molar-refractivity contribution is -0.0377. The summed E-state index contributed by atoms with van der Waals surface area (Å²) in [4.78, 5) is 18.9. The van der Waals surface area contributed by atoms with Crippen LogP contribution in [0.15, 0.2) is 24.3 Å². The van der Waals surface area contributed by atoms with Gasteiger partial charge in [-0.15, -0.1) is 11.3 Å². The van der Waals surface area contributed by atoms with Gasteiger partial charge in [-0.2, -0.15) is 0 Å². The van der Waals surface area contributed by atoms with Crippen LogP contribution in [0.2, 0.25) is 0 Å². The molecule has 1 N–H and O–H groups in total. The molecular formula is C22H29N3O2S. The van der Waals surface area contributed by atoms with Crippen molar-refractivity contribution in [2.75, 3.05) is 44.3 Å². The zero-order valence-corrected chi connectivity index (χ0v) is 17.6. The Labute approximate surface area is 170 Å². The van der Waals surface area contributed by atoms with E-state index in [2.05, 4.69) is 53.2 Å². The molecule has 4 fully saturated rings. The predicted molar refractivity (Wildman–Crippen MR) is 114 cm³/mol. The number of rotatable bonds is 3.